The third-order valence-corrected chi connectivity index (χ3v) is 5.40. The minimum absolute atomic E-state index is 0.380. The highest BCUT2D eigenvalue weighted by atomic mass is 32.2. The topological polar surface area (TPSA) is 49.3 Å². The van der Waals surface area contributed by atoms with Gasteiger partial charge in [-0.1, -0.05) is 6.07 Å². The molecule has 1 aliphatic rings. The van der Waals surface area contributed by atoms with Crippen LogP contribution in [0.25, 0.3) is 0 Å². The van der Waals surface area contributed by atoms with Crippen molar-refractivity contribution in [2.45, 2.75) is 48.8 Å². The Morgan fingerprint density at radius 2 is 2.16 bits per heavy atom. The average Bonchev–Trinajstić information content (AvgIpc) is 2.79. The number of aryl methyl sites for hydroxylation is 2. The van der Waals surface area contributed by atoms with Crippen LogP contribution in [0.5, 0.6) is 0 Å². The first-order valence-corrected chi connectivity index (χ1v) is 7.51. The Kier molecular flexibility index (Phi) is 4.21. The first-order chi connectivity index (χ1) is 8.97. The van der Waals surface area contributed by atoms with Gasteiger partial charge in [-0.15, -0.1) is 11.8 Å². The number of carbonyl (C=O) groups is 1. The summed E-state index contributed by atoms with van der Waals surface area (Å²) in [5.41, 5.74) is 1.87. The van der Waals surface area contributed by atoms with E-state index in [-0.39, 0.29) is 0 Å². The molecule has 1 aliphatic carbocycles. The van der Waals surface area contributed by atoms with Crippen molar-refractivity contribution in [3.8, 4) is 0 Å². The van der Waals surface area contributed by atoms with Gasteiger partial charge >= 0.3 is 5.97 Å². The van der Waals surface area contributed by atoms with Crippen LogP contribution in [-0.4, -0.2) is 28.9 Å². The Labute approximate surface area is 118 Å². The Balaban J connectivity index is 2.05. The number of thioether (sulfide) groups is 1. The molecule has 1 aromatic rings. The summed E-state index contributed by atoms with van der Waals surface area (Å²) in [5.74, 6) is -0.724. The molecule has 1 saturated carbocycles. The van der Waals surface area contributed by atoms with Crippen molar-refractivity contribution >= 4 is 17.7 Å². The molecular formula is C15H21NO2S. The lowest BCUT2D eigenvalue weighted by molar-refractivity contribution is -0.144. The van der Waals surface area contributed by atoms with Gasteiger partial charge in [-0.05, 0) is 63.4 Å². The van der Waals surface area contributed by atoms with E-state index in [1.165, 1.54) is 16.0 Å². The third kappa shape index (κ3) is 2.95. The molecule has 4 heteroatoms. The first kappa shape index (κ1) is 14.4. The number of benzene rings is 1. The van der Waals surface area contributed by atoms with E-state index in [1.807, 2.05) is 0 Å². The molecule has 2 rings (SSSR count). The standard InChI is InChI=1S/C15H21NO2S/c1-10-4-5-12(8-11(10)2)19-13-6-7-15(9-13,16-3)14(17)18/h4-5,8,13,16H,6-7,9H2,1-3H3,(H,17,18). The highest BCUT2D eigenvalue weighted by Crippen LogP contribution is 2.40. The minimum atomic E-state index is -0.725. The third-order valence-electron chi connectivity index (χ3n) is 4.14. The summed E-state index contributed by atoms with van der Waals surface area (Å²) >= 11 is 1.81. The predicted molar refractivity (Wildman–Crippen MR) is 78.8 cm³/mol. The molecule has 1 aromatic carbocycles. The zero-order chi connectivity index (χ0) is 14.0. The molecule has 19 heavy (non-hydrogen) atoms. The number of carboxylic acid groups (broad SMARTS) is 1. The number of carboxylic acids is 1. The second kappa shape index (κ2) is 5.55. The molecule has 2 unspecified atom stereocenters. The van der Waals surface area contributed by atoms with Crippen molar-refractivity contribution in [2.75, 3.05) is 7.05 Å². The summed E-state index contributed by atoms with van der Waals surface area (Å²) < 4.78 is 0. The largest absolute Gasteiger partial charge is 0.480 e. The maximum Gasteiger partial charge on any atom is 0.323 e. The predicted octanol–water partition coefficient (Wildman–Crippen LogP) is 2.99. The molecule has 0 aromatic heterocycles. The van der Waals surface area contributed by atoms with Crippen LogP contribution in [-0.2, 0) is 4.79 Å². The Bertz CT molecular complexity index is 489. The lowest BCUT2D eigenvalue weighted by Gasteiger charge is -2.23. The Hall–Kier alpha value is -1.00. The summed E-state index contributed by atoms with van der Waals surface area (Å²) in [6.45, 7) is 4.22. The highest BCUT2D eigenvalue weighted by Gasteiger charge is 2.44. The maximum atomic E-state index is 11.4. The van der Waals surface area contributed by atoms with Gasteiger partial charge in [0.25, 0.3) is 0 Å². The van der Waals surface area contributed by atoms with Gasteiger partial charge in [0, 0.05) is 10.1 Å². The van der Waals surface area contributed by atoms with Crippen LogP contribution >= 0.6 is 11.8 Å². The smallest absolute Gasteiger partial charge is 0.323 e. The van der Waals surface area contributed by atoms with E-state index >= 15 is 0 Å². The van der Waals surface area contributed by atoms with Crippen molar-refractivity contribution in [3.05, 3.63) is 29.3 Å². The average molecular weight is 279 g/mol. The molecule has 0 heterocycles. The van der Waals surface area contributed by atoms with E-state index in [1.54, 1.807) is 18.8 Å². The van der Waals surface area contributed by atoms with E-state index in [2.05, 4.69) is 37.4 Å². The van der Waals surface area contributed by atoms with Crippen LogP contribution < -0.4 is 5.32 Å². The van der Waals surface area contributed by atoms with Crippen LogP contribution in [0.1, 0.15) is 30.4 Å². The zero-order valence-corrected chi connectivity index (χ0v) is 12.5. The van der Waals surface area contributed by atoms with Crippen molar-refractivity contribution in [3.63, 3.8) is 0 Å². The van der Waals surface area contributed by atoms with Gasteiger partial charge < -0.3 is 10.4 Å². The Morgan fingerprint density at radius 1 is 1.42 bits per heavy atom. The van der Waals surface area contributed by atoms with Crippen molar-refractivity contribution in [2.24, 2.45) is 0 Å². The molecular weight excluding hydrogens is 258 g/mol. The molecule has 2 atom stereocenters. The highest BCUT2D eigenvalue weighted by molar-refractivity contribution is 8.00. The van der Waals surface area contributed by atoms with E-state index in [0.717, 1.165) is 6.42 Å². The second-order valence-corrected chi connectivity index (χ2v) is 6.74. The van der Waals surface area contributed by atoms with Crippen LogP contribution in [0, 0.1) is 13.8 Å². The molecule has 0 spiro atoms. The SMILES string of the molecule is CNC1(C(=O)O)CCC(Sc2ccc(C)c(C)c2)C1. The lowest BCUT2D eigenvalue weighted by Crippen LogP contribution is -2.48. The number of likely N-dealkylation sites (N-methyl/N-ethyl adjacent to an activating group) is 1. The molecule has 0 bridgehead atoms. The molecule has 1 fully saturated rings. The fourth-order valence-corrected chi connectivity index (χ4v) is 3.99. The van der Waals surface area contributed by atoms with Crippen LogP contribution in [0.15, 0.2) is 23.1 Å². The summed E-state index contributed by atoms with van der Waals surface area (Å²) in [6, 6.07) is 6.46. The molecule has 0 aliphatic heterocycles. The summed E-state index contributed by atoms with van der Waals surface area (Å²) in [5, 5.41) is 12.7. The fourth-order valence-electron chi connectivity index (χ4n) is 2.61. The molecule has 0 radical (unpaired) electrons. The van der Waals surface area contributed by atoms with Gasteiger partial charge in [0.2, 0.25) is 0 Å². The van der Waals surface area contributed by atoms with Crippen molar-refractivity contribution < 1.29 is 9.90 Å². The quantitative estimate of drug-likeness (QED) is 0.889. The molecule has 0 amide bonds. The van der Waals surface area contributed by atoms with Gasteiger partial charge in [-0.25, -0.2) is 0 Å². The molecule has 3 nitrogen and oxygen atoms in total. The number of hydrogen-bond donors (Lipinski definition) is 2. The monoisotopic (exact) mass is 279 g/mol. The van der Waals surface area contributed by atoms with Gasteiger partial charge in [-0.2, -0.15) is 0 Å². The molecule has 104 valence electrons. The summed E-state index contributed by atoms with van der Waals surface area (Å²) in [6.07, 6.45) is 2.35. The van der Waals surface area contributed by atoms with Crippen molar-refractivity contribution in [1.82, 2.24) is 5.32 Å². The van der Waals surface area contributed by atoms with Crippen molar-refractivity contribution in [1.29, 1.82) is 0 Å². The molecule has 0 saturated heterocycles. The summed E-state index contributed by atoms with van der Waals surface area (Å²) in [4.78, 5) is 12.6. The number of nitrogens with one attached hydrogen (secondary N) is 1. The van der Waals surface area contributed by atoms with Crippen LogP contribution in [0.3, 0.4) is 0 Å². The first-order valence-electron chi connectivity index (χ1n) is 6.63. The van der Waals surface area contributed by atoms with Gasteiger partial charge in [0.15, 0.2) is 0 Å². The number of hydrogen-bond acceptors (Lipinski definition) is 3. The number of aliphatic carboxylic acids is 1. The van der Waals surface area contributed by atoms with Gasteiger partial charge in [0.05, 0.1) is 0 Å². The van der Waals surface area contributed by atoms with Crippen LogP contribution in [0.4, 0.5) is 0 Å². The Morgan fingerprint density at radius 3 is 2.68 bits per heavy atom. The minimum Gasteiger partial charge on any atom is -0.480 e. The van der Waals surface area contributed by atoms with E-state index in [0.29, 0.717) is 18.1 Å². The van der Waals surface area contributed by atoms with E-state index < -0.39 is 11.5 Å². The fraction of sp³-hybridized carbons (Fsp3) is 0.533. The van der Waals surface area contributed by atoms with E-state index in [9.17, 15) is 9.90 Å². The second-order valence-electron chi connectivity index (χ2n) is 5.37. The van der Waals surface area contributed by atoms with E-state index in [4.69, 9.17) is 0 Å². The number of rotatable bonds is 4. The molecule has 2 N–H and O–H groups in total. The maximum absolute atomic E-state index is 11.4. The van der Waals surface area contributed by atoms with Gasteiger partial charge in [0.1, 0.15) is 5.54 Å². The van der Waals surface area contributed by atoms with Gasteiger partial charge in [-0.3, -0.25) is 4.79 Å². The summed E-state index contributed by atoms with van der Waals surface area (Å²) in [7, 11) is 1.75. The van der Waals surface area contributed by atoms with Crippen LogP contribution in [0.2, 0.25) is 0 Å². The zero-order valence-electron chi connectivity index (χ0n) is 11.7. The normalized spacial score (nSPS) is 26.6. The lowest BCUT2D eigenvalue weighted by atomic mass is 9.99.